The SMILES string of the molecule is CCC(Nc1nccn1C)c1cccs1. The van der Waals surface area contributed by atoms with E-state index in [9.17, 15) is 0 Å². The Kier molecular flexibility index (Phi) is 3.06. The lowest BCUT2D eigenvalue weighted by Crippen LogP contribution is -2.11. The number of anilines is 1. The van der Waals surface area contributed by atoms with Crippen LogP contribution in [-0.4, -0.2) is 9.55 Å². The van der Waals surface area contributed by atoms with Crippen LogP contribution in [0.3, 0.4) is 0 Å². The molecule has 0 radical (unpaired) electrons. The predicted octanol–water partition coefficient (Wildman–Crippen LogP) is 3.04. The molecule has 2 aromatic heterocycles. The number of nitrogens with zero attached hydrogens (tertiary/aromatic N) is 2. The smallest absolute Gasteiger partial charge is 0.203 e. The minimum absolute atomic E-state index is 0.367. The molecule has 0 aromatic carbocycles. The Morgan fingerprint density at radius 3 is 3.00 bits per heavy atom. The zero-order chi connectivity index (χ0) is 10.7. The van der Waals surface area contributed by atoms with Crippen LogP contribution in [0.4, 0.5) is 5.95 Å². The second kappa shape index (κ2) is 4.49. The molecule has 0 saturated carbocycles. The summed E-state index contributed by atoms with van der Waals surface area (Å²) in [7, 11) is 2.00. The molecule has 0 fully saturated rings. The van der Waals surface area contributed by atoms with E-state index in [1.54, 1.807) is 11.3 Å². The van der Waals surface area contributed by atoms with Gasteiger partial charge < -0.3 is 9.88 Å². The molecule has 0 bridgehead atoms. The number of hydrogen-bond donors (Lipinski definition) is 1. The molecule has 0 aliphatic carbocycles. The Bertz CT molecular complexity index is 405. The fourth-order valence-corrected chi connectivity index (χ4v) is 2.39. The summed E-state index contributed by atoms with van der Waals surface area (Å²) in [6.07, 6.45) is 4.82. The summed E-state index contributed by atoms with van der Waals surface area (Å²) in [5.74, 6) is 0.926. The van der Waals surface area contributed by atoms with Gasteiger partial charge in [-0.15, -0.1) is 11.3 Å². The van der Waals surface area contributed by atoms with Gasteiger partial charge in [0.15, 0.2) is 0 Å². The van der Waals surface area contributed by atoms with Crippen molar-refractivity contribution < 1.29 is 0 Å². The molecule has 2 rings (SSSR count). The molecule has 1 N–H and O–H groups in total. The molecule has 15 heavy (non-hydrogen) atoms. The third kappa shape index (κ3) is 2.21. The number of aromatic nitrogens is 2. The van der Waals surface area contributed by atoms with Gasteiger partial charge in [0.25, 0.3) is 0 Å². The van der Waals surface area contributed by atoms with E-state index in [0.29, 0.717) is 6.04 Å². The third-order valence-corrected chi connectivity index (χ3v) is 3.41. The maximum atomic E-state index is 4.27. The van der Waals surface area contributed by atoms with Crippen LogP contribution in [-0.2, 0) is 7.05 Å². The normalized spacial score (nSPS) is 12.7. The lowest BCUT2D eigenvalue weighted by atomic mass is 10.2. The van der Waals surface area contributed by atoms with Crippen LogP contribution in [0.1, 0.15) is 24.3 Å². The van der Waals surface area contributed by atoms with E-state index in [4.69, 9.17) is 0 Å². The van der Waals surface area contributed by atoms with Crippen molar-refractivity contribution in [1.82, 2.24) is 9.55 Å². The highest BCUT2D eigenvalue weighted by Crippen LogP contribution is 2.25. The summed E-state index contributed by atoms with van der Waals surface area (Å²) in [6.45, 7) is 2.18. The lowest BCUT2D eigenvalue weighted by molar-refractivity contribution is 0.739. The maximum Gasteiger partial charge on any atom is 0.203 e. The maximum absolute atomic E-state index is 4.27. The summed E-state index contributed by atoms with van der Waals surface area (Å²) >= 11 is 1.78. The van der Waals surface area contributed by atoms with Crippen molar-refractivity contribution in [2.45, 2.75) is 19.4 Å². The molecule has 1 unspecified atom stereocenters. The quantitative estimate of drug-likeness (QED) is 0.860. The summed E-state index contributed by atoms with van der Waals surface area (Å²) < 4.78 is 2.00. The molecule has 0 saturated heterocycles. The van der Waals surface area contributed by atoms with E-state index < -0.39 is 0 Å². The first kappa shape index (κ1) is 10.2. The van der Waals surface area contributed by atoms with Crippen LogP contribution >= 0.6 is 11.3 Å². The Balaban J connectivity index is 2.13. The highest BCUT2D eigenvalue weighted by molar-refractivity contribution is 7.10. The molecule has 0 aliphatic heterocycles. The second-order valence-electron chi connectivity index (χ2n) is 3.48. The highest BCUT2D eigenvalue weighted by Gasteiger charge is 2.11. The topological polar surface area (TPSA) is 29.9 Å². The summed E-state index contributed by atoms with van der Waals surface area (Å²) in [5, 5.41) is 5.55. The van der Waals surface area contributed by atoms with Crippen molar-refractivity contribution in [3.05, 3.63) is 34.8 Å². The molecule has 4 heteroatoms. The van der Waals surface area contributed by atoms with Crippen molar-refractivity contribution in [3.63, 3.8) is 0 Å². The summed E-state index contributed by atoms with van der Waals surface area (Å²) in [5.41, 5.74) is 0. The predicted molar refractivity (Wildman–Crippen MR) is 64.2 cm³/mol. The average molecular weight is 221 g/mol. The van der Waals surface area contributed by atoms with Crippen LogP contribution in [0, 0.1) is 0 Å². The van der Waals surface area contributed by atoms with E-state index in [0.717, 1.165) is 12.4 Å². The number of thiophene rings is 1. The van der Waals surface area contributed by atoms with Crippen LogP contribution in [0.15, 0.2) is 29.9 Å². The molecular formula is C11H15N3S. The summed E-state index contributed by atoms with van der Waals surface area (Å²) in [6, 6.07) is 4.61. The van der Waals surface area contributed by atoms with Gasteiger partial charge >= 0.3 is 0 Å². The molecule has 0 amide bonds. The van der Waals surface area contributed by atoms with Gasteiger partial charge in [0.2, 0.25) is 5.95 Å². The third-order valence-electron chi connectivity index (χ3n) is 2.42. The number of aryl methyl sites for hydroxylation is 1. The zero-order valence-electron chi connectivity index (χ0n) is 8.97. The van der Waals surface area contributed by atoms with Crippen molar-refractivity contribution >= 4 is 17.3 Å². The Hall–Kier alpha value is -1.29. The first-order valence-electron chi connectivity index (χ1n) is 5.08. The van der Waals surface area contributed by atoms with E-state index in [-0.39, 0.29) is 0 Å². The van der Waals surface area contributed by atoms with Gasteiger partial charge in [0.05, 0.1) is 6.04 Å². The second-order valence-corrected chi connectivity index (χ2v) is 4.46. The van der Waals surface area contributed by atoms with Crippen LogP contribution in [0.25, 0.3) is 0 Å². The first-order chi connectivity index (χ1) is 7.31. The van der Waals surface area contributed by atoms with E-state index in [1.165, 1.54) is 4.88 Å². The highest BCUT2D eigenvalue weighted by atomic mass is 32.1. The van der Waals surface area contributed by atoms with E-state index in [1.807, 2.05) is 24.0 Å². The largest absolute Gasteiger partial charge is 0.348 e. The van der Waals surface area contributed by atoms with Crippen LogP contribution in [0.5, 0.6) is 0 Å². The Morgan fingerprint density at radius 1 is 1.60 bits per heavy atom. The number of imidazole rings is 1. The van der Waals surface area contributed by atoms with Gasteiger partial charge in [-0.05, 0) is 17.9 Å². The fourth-order valence-electron chi connectivity index (χ4n) is 1.52. The fraction of sp³-hybridized carbons (Fsp3) is 0.364. The van der Waals surface area contributed by atoms with Crippen LogP contribution < -0.4 is 5.32 Å². The Labute approximate surface area is 93.8 Å². The number of hydrogen-bond acceptors (Lipinski definition) is 3. The van der Waals surface area contributed by atoms with Crippen LogP contribution in [0.2, 0.25) is 0 Å². The van der Waals surface area contributed by atoms with Gasteiger partial charge in [-0.2, -0.15) is 0 Å². The number of nitrogens with one attached hydrogen (secondary N) is 1. The minimum Gasteiger partial charge on any atom is -0.348 e. The number of rotatable bonds is 4. The monoisotopic (exact) mass is 221 g/mol. The lowest BCUT2D eigenvalue weighted by Gasteiger charge is -2.15. The van der Waals surface area contributed by atoms with E-state index >= 15 is 0 Å². The van der Waals surface area contributed by atoms with Gasteiger partial charge in [-0.1, -0.05) is 13.0 Å². The van der Waals surface area contributed by atoms with Crippen molar-refractivity contribution in [1.29, 1.82) is 0 Å². The van der Waals surface area contributed by atoms with Gasteiger partial charge in [0, 0.05) is 24.3 Å². The minimum atomic E-state index is 0.367. The van der Waals surface area contributed by atoms with Crippen molar-refractivity contribution in [2.75, 3.05) is 5.32 Å². The molecule has 3 nitrogen and oxygen atoms in total. The molecule has 2 aromatic rings. The van der Waals surface area contributed by atoms with Gasteiger partial charge in [-0.25, -0.2) is 4.98 Å². The molecule has 0 aliphatic rings. The molecule has 80 valence electrons. The molecular weight excluding hydrogens is 206 g/mol. The molecule has 1 atom stereocenters. The van der Waals surface area contributed by atoms with Gasteiger partial charge in [0.1, 0.15) is 0 Å². The van der Waals surface area contributed by atoms with Crippen molar-refractivity contribution in [2.24, 2.45) is 7.05 Å². The Morgan fingerprint density at radius 2 is 2.47 bits per heavy atom. The zero-order valence-corrected chi connectivity index (χ0v) is 9.79. The standard InChI is InChI=1S/C11H15N3S/c1-3-9(10-5-4-8-15-10)13-11-12-6-7-14(11)2/h4-9H,3H2,1-2H3,(H,12,13). The first-order valence-corrected chi connectivity index (χ1v) is 5.96. The average Bonchev–Trinajstić information content (AvgIpc) is 2.86. The van der Waals surface area contributed by atoms with Gasteiger partial charge in [-0.3, -0.25) is 0 Å². The summed E-state index contributed by atoms with van der Waals surface area (Å²) in [4.78, 5) is 5.63. The molecule has 0 spiro atoms. The molecule has 2 heterocycles. The van der Waals surface area contributed by atoms with E-state index in [2.05, 4.69) is 34.7 Å². The van der Waals surface area contributed by atoms with Crippen molar-refractivity contribution in [3.8, 4) is 0 Å².